The van der Waals surface area contributed by atoms with Gasteiger partial charge in [0.05, 0.1) is 17.1 Å². The van der Waals surface area contributed by atoms with Crippen LogP contribution in [0.1, 0.15) is 17.8 Å². The first-order valence-corrected chi connectivity index (χ1v) is 6.77. The van der Waals surface area contributed by atoms with Gasteiger partial charge in [0.1, 0.15) is 0 Å². The fraction of sp³-hybridized carbons (Fsp3) is 0.545. The molecule has 0 bridgehead atoms. The Morgan fingerprint density at radius 2 is 2.50 bits per heavy atom. The Morgan fingerprint density at radius 3 is 3.11 bits per heavy atom. The Labute approximate surface area is 109 Å². The number of aromatic nitrogens is 1. The third-order valence-electron chi connectivity index (χ3n) is 2.84. The van der Waals surface area contributed by atoms with E-state index in [2.05, 4.69) is 15.6 Å². The summed E-state index contributed by atoms with van der Waals surface area (Å²) in [6.07, 6.45) is 3.74. The zero-order valence-electron chi connectivity index (χ0n) is 9.89. The lowest BCUT2D eigenvalue weighted by Gasteiger charge is -2.13. The molecule has 2 atom stereocenters. The van der Waals surface area contributed by atoms with Gasteiger partial charge in [-0.25, -0.2) is 4.98 Å². The van der Waals surface area contributed by atoms with Crippen LogP contribution in [0.5, 0.6) is 0 Å². The third-order valence-corrected chi connectivity index (χ3v) is 3.64. The number of nitrogens with one attached hydrogen (secondary N) is 2. The van der Waals surface area contributed by atoms with Crippen molar-refractivity contribution in [2.24, 2.45) is 5.73 Å². The molecule has 1 aliphatic rings. The normalized spacial score (nSPS) is 20.6. The van der Waals surface area contributed by atoms with Crippen LogP contribution in [0.4, 0.5) is 0 Å². The number of carbonyl (C=O) groups excluding carboxylic acids is 2. The summed E-state index contributed by atoms with van der Waals surface area (Å²) in [4.78, 5) is 27.5. The van der Waals surface area contributed by atoms with Crippen molar-refractivity contribution < 1.29 is 9.59 Å². The van der Waals surface area contributed by atoms with Gasteiger partial charge in [0.15, 0.2) is 0 Å². The van der Waals surface area contributed by atoms with Crippen molar-refractivity contribution in [1.29, 1.82) is 0 Å². The van der Waals surface area contributed by atoms with Gasteiger partial charge < -0.3 is 11.1 Å². The average Bonchev–Trinajstić information content (AvgIpc) is 3.01. The number of nitrogens with zero attached hydrogens (tertiary/aromatic N) is 1. The maximum absolute atomic E-state index is 11.7. The van der Waals surface area contributed by atoms with Crippen molar-refractivity contribution in [3.63, 3.8) is 0 Å². The van der Waals surface area contributed by atoms with Crippen LogP contribution >= 0.6 is 11.3 Å². The van der Waals surface area contributed by atoms with Crippen molar-refractivity contribution in [2.45, 2.75) is 31.3 Å². The molecular weight excluding hydrogens is 252 g/mol. The van der Waals surface area contributed by atoms with Crippen LogP contribution in [-0.2, 0) is 16.0 Å². The molecule has 7 heteroatoms. The summed E-state index contributed by atoms with van der Waals surface area (Å²) < 4.78 is 0. The van der Waals surface area contributed by atoms with Crippen LogP contribution in [0, 0.1) is 0 Å². The fourth-order valence-electron chi connectivity index (χ4n) is 1.84. The molecule has 1 fully saturated rings. The topological polar surface area (TPSA) is 97.1 Å². The van der Waals surface area contributed by atoms with Gasteiger partial charge in [-0.05, 0) is 19.4 Å². The average molecular weight is 268 g/mol. The highest BCUT2D eigenvalue weighted by molar-refractivity contribution is 7.09. The van der Waals surface area contributed by atoms with Gasteiger partial charge >= 0.3 is 0 Å². The van der Waals surface area contributed by atoms with Gasteiger partial charge in [0.2, 0.25) is 11.8 Å². The van der Waals surface area contributed by atoms with Crippen molar-refractivity contribution >= 4 is 23.2 Å². The molecular formula is C11H16N4O2S. The molecule has 18 heavy (non-hydrogen) atoms. The van der Waals surface area contributed by atoms with Crippen LogP contribution in [-0.4, -0.2) is 35.4 Å². The Kier molecular flexibility index (Phi) is 4.40. The summed E-state index contributed by atoms with van der Waals surface area (Å²) in [5.74, 6) is -0.726. The lowest BCUT2D eigenvalue weighted by Crippen LogP contribution is -2.49. The van der Waals surface area contributed by atoms with Gasteiger partial charge in [-0.2, -0.15) is 0 Å². The molecule has 0 unspecified atom stereocenters. The van der Waals surface area contributed by atoms with E-state index < -0.39 is 11.9 Å². The molecule has 0 aliphatic carbocycles. The van der Waals surface area contributed by atoms with E-state index in [0.29, 0.717) is 6.42 Å². The highest BCUT2D eigenvalue weighted by atomic mass is 32.1. The number of hydrogen-bond donors (Lipinski definition) is 3. The van der Waals surface area contributed by atoms with Crippen LogP contribution in [0.3, 0.4) is 0 Å². The van der Waals surface area contributed by atoms with E-state index in [4.69, 9.17) is 5.73 Å². The second-order valence-corrected chi connectivity index (χ2v) is 5.22. The minimum atomic E-state index is -0.735. The molecule has 1 saturated heterocycles. The molecule has 1 aromatic rings. The number of amides is 2. The summed E-state index contributed by atoms with van der Waals surface area (Å²) in [5.41, 5.74) is 5.74. The zero-order valence-corrected chi connectivity index (χ0v) is 10.7. The third kappa shape index (κ3) is 3.34. The summed E-state index contributed by atoms with van der Waals surface area (Å²) in [6.45, 7) is 0.817. The quantitative estimate of drug-likeness (QED) is 0.678. The van der Waals surface area contributed by atoms with Crippen LogP contribution in [0.15, 0.2) is 11.6 Å². The van der Waals surface area contributed by atoms with Crippen LogP contribution in [0.25, 0.3) is 0 Å². The lowest BCUT2D eigenvalue weighted by atomic mass is 10.2. The molecule has 0 radical (unpaired) electrons. The van der Waals surface area contributed by atoms with Crippen molar-refractivity contribution in [3.8, 4) is 0 Å². The van der Waals surface area contributed by atoms with E-state index in [1.165, 1.54) is 11.3 Å². The molecule has 0 aromatic carbocycles. The fourth-order valence-corrected chi connectivity index (χ4v) is 2.52. The van der Waals surface area contributed by atoms with Gasteiger partial charge in [-0.1, -0.05) is 0 Å². The molecule has 4 N–H and O–H groups in total. The lowest BCUT2D eigenvalue weighted by molar-refractivity contribution is -0.132. The van der Waals surface area contributed by atoms with Gasteiger partial charge in [0.25, 0.3) is 0 Å². The SMILES string of the molecule is N[C@@H](Cc1nccs1)C(=O)NC(=O)[C@@H]1CCCN1. The first-order chi connectivity index (χ1) is 8.66. The number of thiazole rings is 1. The molecule has 1 aliphatic heterocycles. The highest BCUT2D eigenvalue weighted by Crippen LogP contribution is 2.07. The first-order valence-electron chi connectivity index (χ1n) is 5.89. The molecule has 2 rings (SSSR count). The van der Waals surface area contributed by atoms with Gasteiger partial charge in [-0.3, -0.25) is 14.9 Å². The van der Waals surface area contributed by atoms with E-state index in [0.717, 1.165) is 24.4 Å². The van der Waals surface area contributed by atoms with E-state index >= 15 is 0 Å². The molecule has 1 aromatic heterocycles. The second kappa shape index (κ2) is 6.03. The summed E-state index contributed by atoms with van der Waals surface area (Å²) >= 11 is 1.44. The smallest absolute Gasteiger partial charge is 0.243 e. The van der Waals surface area contributed by atoms with Crippen molar-refractivity contribution in [1.82, 2.24) is 15.6 Å². The van der Waals surface area contributed by atoms with E-state index in [9.17, 15) is 9.59 Å². The standard InChI is InChI=1S/C11H16N4O2S/c12-7(6-9-14-4-5-18-9)10(16)15-11(17)8-2-1-3-13-8/h4-5,7-8,13H,1-3,6,12H2,(H,15,16,17)/t7-,8-/m0/s1. The number of rotatable bonds is 4. The van der Waals surface area contributed by atoms with Crippen LogP contribution in [0.2, 0.25) is 0 Å². The Hall–Kier alpha value is -1.31. The molecule has 0 spiro atoms. The minimum absolute atomic E-state index is 0.263. The number of imide groups is 1. The largest absolute Gasteiger partial charge is 0.320 e. The predicted molar refractivity (Wildman–Crippen MR) is 68.0 cm³/mol. The number of hydrogen-bond acceptors (Lipinski definition) is 6. The Balaban J connectivity index is 1.81. The number of nitrogens with two attached hydrogens (primary N) is 1. The highest BCUT2D eigenvalue weighted by Gasteiger charge is 2.25. The predicted octanol–water partition coefficient (Wildman–Crippen LogP) is -0.592. The van der Waals surface area contributed by atoms with Crippen molar-refractivity contribution in [2.75, 3.05) is 6.54 Å². The number of carbonyl (C=O) groups is 2. The Bertz CT molecular complexity index is 415. The molecule has 2 amide bonds. The van der Waals surface area contributed by atoms with E-state index in [1.54, 1.807) is 6.20 Å². The van der Waals surface area contributed by atoms with Crippen molar-refractivity contribution in [3.05, 3.63) is 16.6 Å². The summed E-state index contributed by atoms with van der Waals surface area (Å²) in [6, 6.07) is -0.998. The molecule has 0 saturated carbocycles. The summed E-state index contributed by atoms with van der Waals surface area (Å²) in [5, 5.41) is 8.00. The zero-order chi connectivity index (χ0) is 13.0. The molecule has 2 heterocycles. The Morgan fingerprint density at radius 1 is 1.67 bits per heavy atom. The van der Waals surface area contributed by atoms with Gasteiger partial charge in [-0.15, -0.1) is 11.3 Å². The monoisotopic (exact) mass is 268 g/mol. The summed E-state index contributed by atoms with van der Waals surface area (Å²) in [7, 11) is 0. The van der Waals surface area contributed by atoms with E-state index in [-0.39, 0.29) is 11.9 Å². The van der Waals surface area contributed by atoms with E-state index in [1.807, 2.05) is 5.38 Å². The first kappa shape index (κ1) is 13.1. The van der Waals surface area contributed by atoms with Crippen LogP contribution < -0.4 is 16.4 Å². The second-order valence-electron chi connectivity index (χ2n) is 4.24. The maximum atomic E-state index is 11.7. The maximum Gasteiger partial charge on any atom is 0.243 e. The molecule has 98 valence electrons. The molecule has 6 nitrogen and oxygen atoms in total. The van der Waals surface area contributed by atoms with Gasteiger partial charge in [0, 0.05) is 18.0 Å². The minimum Gasteiger partial charge on any atom is -0.320 e.